The van der Waals surface area contributed by atoms with Crippen LogP contribution in [0.25, 0.3) is 0 Å². The maximum Gasteiger partial charge on any atom is 0.270 e. The number of amides is 1. The van der Waals surface area contributed by atoms with Crippen molar-refractivity contribution in [2.75, 3.05) is 18.0 Å². The highest BCUT2D eigenvalue weighted by Crippen LogP contribution is 2.32. The van der Waals surface area contributed by atoms with Gasteiger partial charge in [-0.1, -0.05) is 32.0 Å². The third-order valence-electron chi connectivity index (χ3n) is 4.28. The summed E-state index contributed by atoms with van der Waals surface area (Å²) in [5, 5.41) is 2.93. The Kier molecular flexibility index (Phi) is 5.08. The summed E-state index contributed by atoms with van der Waals surface area (Å²) in [5.41, 5.74) is 2.92. The first-order valence-electron chi connectivity index (χ1n) is 8.61. The molecule has 0 radical (unpaired) electrons. The third-order valence-corrected chi connectivity index (χ3v) is 4.28. The van der Waals surface area contributed by atoms with Crippen molar-refractivity contribution in [3.05, 3.63) is 47.9 Å². The van der Waals surface area contributed by atoms with Gasteiger partial charge in [-0.15, -0.1) is 0 Å². The van der Waals surface area contributed by atoms with Crippen LogP contribution >= 0.6 is 0 Å². The summed E-state index contributed by atoms with van der Waals surface area (Å²) in [6, 6.07) is 10.2. The van der Waals surface area contributed by atoms with Crippen LogP contribution in [0.2, 0.25) is 0 Å². The smallest absolute Gasteiger partial charge is 0.270 e. The molecule has 1 aliphatic rings. The van der Waals surface area contributed by atoms with Gasteiger partial charge in [0, 0.05) is 24.8 Å². The zero-order valence-corrected chi connectivity index (χ0v) is 14.3. The van der Waals surface area contributed by atoms with Crippen molar-refractivity contribution in [2.45, 2.75) is 33.1 Å². The number of benzene rings is 1. The normalized spacial score (nSPS) is 13.7. The number of para-hydroxylation sites is 1. The van der Waals surface area contributed by atoms with E-state index < -0.39 is 0 Å². The monoisotopic (exact) mass is 324 g/mol. The first-order valence-corrected chi connectivity index (χ1v) is 8.61. The lowest BCUT2D eigenvalue weighted by Crippen LogP contribution is -2.28. The number of nitrogens with one attached hydrogen (secondary N) is 1. The number of hydrogen-bond donors (Lipinski definition) is 1. The number of fused-ring (bicyclic) bond motifs is 1. The van der Waals surface area contributed by atoms with Crippen LogP contribution < -0.4 is 10.2 Å². The van der Waals surface area contributed by atoms with Crippen LogP contribution in [0.5, 0.6) is 0 Å². The highest BCUT2D eigenvalue weighted by Gasteiger charge is 2.20. The highest BCUT2D eigenvalue weighted by atomic mass is 16.1. The van der Waals surface area contributed by atoms with Crippen molar-refractivity contribution in [1.29, 1.82) is 0 Å². The average Bonchev–Trinajstić information content (AvgIpc) is 2.61. The van der Waals surface area contributed by atoms with Crippen LogP contribution in [-0.4, -0.2) is 29.0 Å². The van der Waals surface area contributed by atoms with Crippen molar-refractivity contribution in [2.24, 2.45) is 5.92 Å². The first-order chi connectivity index (χ1) is 11.6. The Bertz CT molecular complexity index is 714. The molecule has 126 valence electrons. The van der Waals surface area contributed by atoms with E-state index in [1.165, 1.54) is 17.6 Å². The molecule has 0 spiro atoms. The Balaban J connectivity index is 1.78. The van der Waals surface area contributed by atoms with E-state index >= 15 is 0 Å². The summed E-state index contributed by atoms with van der Waals surface area (Å²) in [4.78, 5) is 23.0. The predicted octanol–water partition coefficient (Wildman–Crippen LogP) is 3.34. The lowest BCUT2D eigenvalue weighted by Gasteiger charge is -2.30. The van der Waals surface area contributed by atoms with E-state index in [9.17, 15) is 4.79 Å². The van der Waals surface area contributed by atoms with Crippen molar-refractivity contribution >= 4 is 17.4 Å². The van der Waals surface area contributed by atoms with Gasteiger partial charge >= 0.3 is 0 Å². The third kappa shape index (κ3) is 3.72. The van der Waals surface area contributed by atoms with E-state index in [0.717, 1.165) is 31.6 Å². The molecule has 0 saturated heterocycles. The number of carbonyl (C=O) groups excluding carboxylic acids is 1. The van der Waals surface area contributed by atoms with Gasteiger partial charge in [0.25, 0.3) is 5.91 Å². The Labute approximate surface area is 143 Å². The van der Waals surface area contributed by atoms with E-state index in [2.05, 4.69) is 52.2 Å². The second-order valence-corrected chi connectivity index (χ2v) is 6.58. The van der Waals surface area contributed by atoms with E-state index in [1.54, 1.807) is 6.07 Å². The first kappa shape index (κ1) is 16.4. The summed E-state index contributed by atoms with van der Waals surface area (Å²) in [6.07, 6.45) is 4.60. The van der Waals surface area contributed by atoms with E-state index in [1.807, 2.05) is 6.07 Å². The summed E-state index contributed by atoms with van der Waals surface area (Å²) in [7, 11) is 0. The number of nitrogens with zero attached hydrogens (tertiary/aromatic N) is 3. The molecule has 5 nitrogen and oxygen atoms in total. The zero-order chi connectivity index (χ0) is 16.9. The summed E-state index contributed by atoms with van der Waals surface area (Å²) in [6.45, 7) is 5.86. The summed E-state index contributed by atoms with van der Waals surface area (Å²) in [5.74, 6) is 1.21. The Morgan fingerprint density at radius 1 is 1.29 bits per heavy atom. The minimum absolute atomic E-state index is 0.135. The number of anilines is 2. The Morgan fingerprint density at radius 3 is 2.96 bits per heavy atom. The molecule has 0 aliphatic carbocycles. The fourth-order valence-corrected chi connectivity index (χ4v) is 2.96. The second kappa shape index (κ2) is 7.43. The number of carbonyl (C=O) groups is 1. The van der Waals surface area contributed by atoms with Crippen LogP contribution in [-0.2, 0) is 6.42 Å². The number of rotatable bonds is 5. The van der Waals surface area contributed by atoms with E-state index in [4.69, 9.17) is 0 Å². The molecule has 0 bridgehead atoms. The highest BCUT2D eigenvalue weighted by molar-refractivity contribution is 5.93. The molecule has 3 rings (SSSR count). The molecule has 2 heterocycles. The molecule has 2 aromatic rings. The fourth-order valence-electron chi connectivity index (χ4n) is 2.96. The average molecular weight is 324 g/mol. The molecule has 5 heteroatoms. The predicted molar refractivity (Wildman–Crippen MR) is 95.6 cm³/mol. The van der Waals surface area contributed by atoms with Crippen molar-refractivity contribution in [3.63, 3.8) is 0 Å². The molecule has 1 amide bonds. The zero-order valence-electron chi connectivity index (χ0n) is 14.3. The second-order valence-electron chi connectivity index (χ2n) is 6.58. The lowest BCUT2D eigenvalue weighted by molar-refractivity contribution is 0.0947. The van der Waals surface area contributed by atoms with Gasteiger partial charge in [0.2, 0.25) is 0 Å². The number of aryl methyl sites for hydroxylation is 1. The minimum atomic E-state index is -0.135. The molecule has 0 fully saturated rings. The summed E-state index contributed by atoms with van der Waals surface area (Å²) < 4.78 is 0. The van der Waals surface area contributed by atoms with Crippen LogP contribution in [0.15, 0.2) is 36.7 Å². The van der Waals surface area contributed by atoms with Crippen molar-refractivity contribution in [3.8, 4) is 0 Å². The Morgan fingerprint density at radius 2 is 2.12 bits per heavy atom. The minimum Gasteiger partial charge on any atom is -0.351 e. The lowest BCUT2D eigenvalue weighted by atomic mass is 10.0. The molecule has 0 unspecified atom stereocenters. The topological polar surface area (TPSA) is 58.1 Å². The summed E-state index contributed by atoms with van der Waals surface area (Å²) >= 11 is 0. The van der Waals surface area contributed by atoms with Gasteiger partial charge < -0.3 is 10.2 Å². The van der Waals surface area contributed by atoms with Crippen LogP contribution in [0.1, 0.15) is 42.7 Å². The van der Waals surface area contributed by atoms with Gasteiger partial charge in [-0.3, -0.25) is 4.79 Å². The van der Waals surface area contributed by atoms with Crippen molar-refractivity contribution in [1.82, 2.24) is 15.3 Å². The van der Waals surface area contributed by atoms with Gasteiger partial charge in [0.05, 0.1) is 0 Å². The molecule has 0 atom stereocenters. The van der Waals surface area contributed by atoms with E-state index in [-0.39, 0.29) is 5.91 Å². The van der Waals surface area contributed by atoms with Gasteiger partial charge in [-0.2, -0.15) is 0 Å². The maximum absolute atomic E-state index is 12.3. The Hall–Kier alpha value is -2.43. The maximum atomic E-state index is 12.3. The van der Waals surface area contributed by atoms with Gasteiger partial charge in [0.15, 0.2) is 0 Å². The molecule has 24 heavy (non-hydrogen) atoms. The van der Waals surface area contributed by atoms with Gasteiger partial charge in [-0.25, -0.2) is 9.97 Å². The number of hydrogen-bond acceptors (Lipinski definition) is 4. The SMILES string of the molecule is CC(C)CCNC(=O)c1cc(N2CCCc3ccccc32)ncn1. The van der Waals surface area contributed by atoms with Crippen LogP contribution in [0.3, 0.4) is 0 Å². The largest absolute Gasteiger partial charge is 0.351 e. The molecule has 1 aromatic heterocycles. The molecular weight excluding hydrogens is 300 g/mol. The molecule has 1 N–H and O–H groups in total. The van der Waals surface area contributed by atoms with Crippen LogP contribution in [0, 0.1) is 5.92 Å². The van der Waals surface area contributed by atoms with Crippen molar-refractivity contribution < 1.29 is 4.79 Å². The number of aromatic nitrogens is 2. The quantitative estimate of drug-likeness (QED) is 0.916. The molecule has 0 saturated carbocycles. The van der Waals surface area contributed by atoms with Gasteiger partial charge in [0.1, 0.15) is 17.8 Å². The van der Waals surface area contributed by atoms with Crippen LogP contribution in [0.4, 0.5) is 11.5 Å². The molecule has 1 aliphatic heterocycles. The standard InChI is InChI=1S/C19H24N4O/c1-14(2)9-10-20-19(24)16-12-18(22-13-21-16)23-11-5-7-15-6-3-4-8-17(15)23/h3-4,6,8,12-14H,5,7,9-11H2,1-2H3,(H,20,24). The van der Waals surface area contributed by atoms with E-state index in [0.29, 0.717) is 18.2 Å². The van der Waals surface area contributed by atoms with Gasteiger partial charge in [-0.05, 0) is 36.8 Å². The fraction of sp³-hybridized carbons (Fsp3) is 0.421. The molecular formula is C19H24N4O. The molecule has 1 aromatic carbocycles.